The first kappa shape index (κ1) is 17.4. The van der Waals surface area contributed by atoms with Gasteiger partial charge in [-0.3, -0.25) is 9.59 Å². The van der Waals surface area contributed by atoms with Crippen molar-refractivity contribution in [2.24, 2.45) is 0 Å². The van der Waals surface area contributed by atoms with Crippen LogP contribution in [0.1, 0.15) is 11.1 Å². The van der Waals surface area contributed by atoms with Crippen molar-refractivity contribution in [1.29, 1.82) is 0 Å². The molecule has 2 amide bonds. The van der Waals surface area contributed by atoms with Gasteiger partial charge in [0, 0.05) is 17.8 Å². The summed E-state index contributed by atoms with van der Waals surface area (Å²) in [7, 11) is 0. The third-order valence-electron chi connectivity index (χ3n) is 4.01. The lowest BCUT2D eigenvalue weighted by Gasteiger charge is -2.12. The van der Waals surface area contributed by atoms with Gasteiger partial charge in [0.15, 0.2) is 0 Å². The second-order valence-corrected chi connectivity index (χ2v) is 6.04. The number of nitrogens with one attached hydrogen (secondary N) is 2. The second kappa shape index (κ2) is 8.12. The van der Waals surface area contributed by atoms with Crippen molar-refractivity contribution in [2.75, 3.05) is 5.32 Å². The summed E-state index contributed by atoms with van der Waals surface area (Å²) in [5.74, 6) is -1.34. The molecular weight excluding hydrogens is 324 g/mol. The van der Waals surface area contributed by atoms with Crippen LogP contribution in [0.5, 0.6) is 0 Å². The van der Waals surface area contributed by atoms with Gasteiger partial charge in [0.25, 0.3) is 0 Å². The van der Waals surface area contributed by atoms with Gasteiger partial charge in [-0.2, -0.15) is 0 Å². The largest absolute Gasteiger partial charge is 0.344 e. The normalized spacial score (nSPS) is 10.2. The molecule has 3 aromatic rings. The lowest BCUT2D eigenvalue weighted by atomic mass is 10.0. The van der Waals surface area contributed by atoms with Crippen LogP contribution in [-0.2, 0) is 16.1 Å². The van der Waals surface area contributed by atoms with E-state index in [9.17, 15) is 9.59 Å². The highest BCUT2D eigenvalue weighted by atomic mass is 16.2. The quantitative estimate of drug-likeness (QED) is 0.705. The Kier molecular flexibility index (Phi) is 5.44. The topological polar surface area (TPSA) is 58.2 Å². The van der Waals surface area contributed by atoms with Crippen molar-refractivity contribution in [3.63, 3.8) is 0 Å². The van der Waals surface area contributed by atoms with Crippen LogP contribution in [0.2, 0.25) is 0 Å². The van der Waals surface area contributed by atoms with Crippen molar-refractivity contribution in [3.05, 3.63) is 90.0 Å². The predicted molar refractivity (Wildman–Crippen MR) is 104 cm³/mol. The first-order valence-electron chi connectivity index (χ1n) is 8.42. The van der Waals surface area contributed by atoms with Crippen LogP contribution in [0, 0.1) is 6.92 Å². The van der Waals surface area contributed by atoms with E-state index >= 15 is 0 Å². The van der Waals surface area contributed by atoms with E-state index < -0.39 is 11.8 Å². The lowest BCUT2D eigenvalue weighted by molar-refractivity contribution is -0.136. The maximum absolute atomic E-state index is 12.3. The number of aryl methyl sites for hydroxylation is 1. The summed E-state index contributed by atoms with van der Waals surface area (Å²) in [4.78, 5) is 24.4. The van der Waals surface area contributed by atoms with Crippen LogP contribution < -0.4 is 10.6 Å². The molecule has 4 nitrogen and oxygen atoms in total. The van der Waals surface area contributed by atoms with Gasteiger partial charge in [0.2, 0.25) is 0 Å². The summed E-state index contributed by atoms with van der Waals surface area (Å²) in [5.41, 5.74) is 4.50. The third-order valence-corrected chi connectivity index (χ3v) is 4.01. The molecule has 0 aliphatic carbocycles. The molecular formula is C22H20N2O2. The number of carbonyl (C=O) groups is 2. The highest BCUT2D eigenvalue weighted by Gasteiger charge is 2.15. The Morgan fingerprint density at radius 3 is 2.15 bits per heavy atom. The van der Waals surface area contributed by atoms with E-state index in [1.54, 1.807) is 0 Å². The first-order valence-corrected chi connectivity index (χ1v) is 8.42. The lowest BCUT2D eigenvalue weighted by Crippen LogP contribution is -2.35. The van der Waals surface area contributed by atoms with Gasteiger partial charge in [0.05, 0.1) is 0 Å². The van der Waals surface area contributed by atoms with E-state index in [-0.39, 0.29) is 0 Å². The number of hydrogen-bond donors (Lipinski definition) is 2. The van der Waals surface area contributed by atoms with Gasteiger partial charge >= 0.3 is 11.8 Å². The molecule has 0 bridgehead atoms. The number of hydrogen-bond acceptors (Lipinski definition) is 2. The fourth-order valence-corrected chi connectivity index (χ4v) is 2.66. The van der Waals surface area contributed by atoms with Gasteiger partial charge in [-0.1, -0.05) is 72.3 Å². The molecule has 0 fully saturated rings. The van der Waals surface area contributed by atoms with E-state index in [2.05, 4.69) is 10.6 Å². The summed E-state index contributed by atoms with van der Waals surface area (Å²) in [5, 5.41) is 5.36. The van der Waals surface area contributed by atoms with Crippen molar-refractivity contribution >= 4 is 17.5 Å². The Morgan fingerprint density at radius 2 is 1.46 bits per heavy atom. The molecule has 0 saturated carbocycles. The molecule has 0 aliphatic rings. The molecule has 130 valence electrons. The molecule has 0 saturated heterocycles. The molecule has 0 atom stereocenters. The van der Waals surface area contributed by atoms with Gasteiger partial charge in [-0.25, -0.2) is 0 Å². The van der Waals surface area contributed by atoms with Crippen LogP contribution in [0.25, 0.3) is 11.1 Å². The molecule has 0 radical (unpaired) electrons. The van der Waals surface area contributed by atoms with Gasteiger partial charge < -0.3 is 10.6 Å². The summed E-state index contributed by atoms with van der Waals surface area (Å²) < 4.78 is 0. The smallest absolute Gasteiger partial charge is 0.313 e. The zero-order valence-corrected chi connectivity index (χ0v) is 14.5. The van der Waals surface area contributed by atoms with E-state index in [1.807, 2.05) is 85.8 Å². The molecule has 2 N–H and O–H groups in total. The standard InChI is InChI=1S/C22H20N2O2/c1-16-12-13-20(19(14-16)18-10-6-3-7-11-18)24-22(26)21(25)23-15-17-8-4-2-5-9-17/h2-14H,15H2,1H3,(H,23,25)(H,24,26). The fraction of sp³-hybridized carbons (Fsp3) is 0.0909. The van der Waals surface area contributed by atoms with Crippen molar-refractivity contribution < 1.29 is 9.59 Å². The first-order chi connectivity index (χ1) is 12.6. The Balaban J connectivity index is 1.72. The van der Waals surface area contributed by atoms with E-state index in [1.165, 1.54) is 0 Å². The number of anilines is 1. The Labute approximate surface area is 152 Å². The number of benzene rings is 3. The third kappa shape index (κ3) is 4.36. The van der Waals surface area contributed by atoms with Crippen molar-refractivity contribution in [1.82, 2.24) is 5.32 Å². The summed E-state index contributed by atoms with van der Waals surface area (Å²) in [6, 6.07) is 25.0. The zero-order valence-electron chi connectivity index (χ0n) is 14.5. The molecule has 0 heterocycles. The summed E-state index contributed by atoms with van der Waals surface area (Å²) in [6.07, 6.45) is 0. The van der Waals surface area contributed by atoms with Crippen LogP contribution >= 0.6 is 0 Å². The monoisotopic (exact) mass is 344 g/mol. The van der Waals surface area contributed by atoms with Crippen LogP contribution in [0.3, 0.4) is 0 Å². The Hall–Kier alpha value is -3.40. The zero-order chi connectivity index (χ0) is 18.4. The molecule has 0 aromatic heterocycles. The van der Waals surface area contributed by atoms with E-state index in [4.69, 9.17) is 0 Å². The maximum atomic E-state index is 12.3. The van der Waals surface area contributed by atoms with E-state index in [0.717, 1.165) is 22.3 Å². The molecule has 3 rings (SSSR count). The Bertz CT molecular complexity index is 906. The number of carbonyl (C=O) groups excluding carboxylic acids is 2. The van der Waals surface area contributed by atoms with Crippen molar-refractivity contribution in [2.45, 2.75) is 13.5 Å². The maximum Gasteiger partial charge on any atom is 0.313 e. The van der Waals surface area contributed by atoms with Crippen LogP contribution in [0.15, 0.2) is 78.9 Å². The molecule has 0 spiro atoms. The minimum absolute atomic E-state index is 0.312. The van der Waals surface area contributed by atoms with Crippen LogP contribution in [0.4, 0.5) is 5.69 Å². The van der Waals surface area contributed by atoms with E-state index in [0.29, 0.717) is 12.2 Å². The molecule has 3 aromatic carbocycles. The fourth-order valence-electron chi connectivity index (χ4n) is 2.66. The Morgan fingerprint density at radius 1 is 0.808 bits per heavy atom. The average Bonchev–Trinajstić information content (AvgIpc) is 2.69. The SMILES string of the molecule is Cc1ccc(NC(=O)C(=O)NCc2ccccc2)c(-c2ccccc2)c1. The highest BCUT2D eigenvalue weighted by Crippen LogP contribution is 2.28. The predicted octanol–water partition coefficient (Wildman–Crippen LogP) is 3.92. The molecule has 4 heteroatoms. The summed E-state index contributed by atoms with van der Waals surface area (Å²) >= 11 is 0. The molecule has 0 aliphatic heterocycles. The van der Waals surface area contributed by atoms with Crippen LogP contribution in [-0.4, -0.2) is 11.8 Å². The average molecular weight is 344 g/mol. The molecule has 26 heavy (non-hydrogen) atoms. The van der Waals surface area contributed by atoms with Gasteiger partial charge in [-0.05, 0) is 30.2 Å². The van der Waals surface area contributed by atoms with Gasteiger partial charge in [0.1, 0.15) is 0 Å². The highest BCUT2D eigenvalue weighted by molar-refractivity contribution is 6.39. The number of rotatable bonds is 4. The minimum atomic E-state index is -0.679. The van der Waals surface area contributed by atoms with Gasteiger partial charge in [-0.15, -0.1) is 0 Å². The molecule has 0 unspecified atom stereocenters. The minimum Gasteiger partial charge on any atom is -0.344 e. The number of amides is 2. The summed E-state index contributed by atoms with van der Waals surface area (Å²) in [6.45, 7) is 2.30. The second-order valence-electron chi connectivity index (χ2n) is 6.04. The van der Waals surface area contributed by atoms with Crippen molar-refractivity contribution in [3.8, 4) is 11.1 Å².